The number of carbonyl (C=O) groups is 1. The van der Waals surface area contributed by atoms with E-state index in [9.17, 15) is 4.79 Å². The van der Waals surface area contributed by atoms with Crippen molar-refractivity contribution in [1.29, 1.82) is 0 Å². The molecule has 1 aliphatic heterocycles. The predicted octanol–water partition coefficient (Wildman–Crippen LogP) is 4.09. The van der Waals surface area contributed by atoms with E-state index in [2.05, 4.69) is 5.32 Å². The van der Waals surface area contributed by atoms with Crippen molar-refractivity contribution in [2.45, 2.75) is 11.4 Å². The van der Waals surface area contributed by atoms with Crippen LogP contribution < -0.4 is 14.8 Å². The lowest BCUT2D eigenvalue weighted by Gasteiger charge is -2.13. The molecule has 0 fully saturated rings. The van der Waals surface area contributed by atoms with Gasteiger partial charge in [0.25, 0.3) is 0 Å². The van der Waals surface area contributed by atoms with Gasteiger partial charge >= 0.3 is 5.97 Å². The third-order valence-electron chi connectivity index (χ3n) is 3.98. The lowest BCUT2D eigenvalue weighted by molar-refractivity contribution is -0.135. The summed E-state index contributed by atoms with van der Waals surface area (Å²) in [6.45, 7) is 0.504. The molecule has 2 aromatic carbocycles. The van der Waals surface area contributed by atoms with Gasteiger partial charge in [0, 0.05) is 22.0 Å². The highest BCUT2D eigenvalue weighted by atomic mass is 35.5. The van der Waals surface area contributed by atoms with Gasteiger partial charge in [-0.05, 0) is 23.8 Å². The summed E-state index contributed by atoms with van der Waals surface area (Å²) in [6, 6.07) is 11.1. The molecule has 0 aliphatic carbocycles. The third kappa shape index (κ3) is 3.48. The Balaban J connectivity index is 2.14. The van der Waals surface area contributed by atoms with Crippen molar-refractivity contribution in [3.05, 3.63) is 57.5 Å². The first-order valence-corrected chi connectivity index (χ1v) is 9.02. The Morgan fingerprint density at radius 2 is 1.81 bits per heavy atom. The van der Waals surface area contributed by atoms with Crippen molar-refractivity contribution in [2.24, 2.45) is 0 Å². The Hall–Kier alpha value is -2.31. The smallest absolute Gasteiger partial charge is 0.346 e. The zero-order chi connectivity index (χ0) is 18.7. The Labute approximate surface area is 161 Å². The molecule has 7 heteroatoms. The van der Waals surface area contributed by atoms with Gasteiger partial charge in [-0.2, -0.15) is 0 Å². The molecular weight excluding hydrogens is 374 g/mol. The maximum atomic E-state index is 12.5. The summed E-state index contributed by atoms with van der Waals surface area (Å²) in [4.78, 5) is 13.8. The van der Waals surface area contributed by atoms with Crippen LogP contribution in [-0.2, 0) is 16.1 Å². The van der Waals surface area contributed by atoms with Crippen molar-refractivity contribution in [1.82, 2.24) is 5.32 Å². The van der Waals surface area contributed by atoms with Gasteiger partial charge in [-0.25, -0.2) is 4.79 Å². The Kier molecular flexibility index (Phi) is 5.64. The number of halogens is 1. The lowest BCUT2D eigenvalue weighted by Crippen LogP contribution is -2.15. The Bertz CT molecular complexity index is 882. The van der Waals surface area contributed by atoms with Crippen LogP contribution in [0.4, 0.5) is 0 Å². The first kappa shape index (κ1) is 18.5. The minimum atomic E-state index is -0.431. The highest BCUT2D eigenvalue weighted by Crippen LogP contribution is 2.43. The standard InChI is InChI=1S/C19H18ClNO4S/c1-23-14-8-11-10-21-17(12-6-4-5-7-13(12)20)18(19(22)25-3)26-16(11)9-15(14)24-2/h4-9,21H,10H2,1-3H3. The summed E-state index contributed by atoms with van der Waals surface area (Å²) in [5.41, 5.74) is 2.37. The second kappa shape index (κ2) is 7.93. The zero-order valence-electron chi connectivity index (χ0n) is 14.6. The van der Waals surface area contributed by atoms with E-state index in [1.54, 1.807) is 20.3 Å². The molecule has 1 heterocycles. The number of benzene rings is 2. The van der Waals surface area contributed by atoms with E-state index in [-0.39, 0.29) is 0 Å². The van der Waals surface area contributed by atoms with Gasteiger partial charge in [-0.15, -0.1) is 0 Å². The van der Waals surface area contributed by atoms with Crippen molar-refractivity contribution < 1.29 is 19.0 Å². The quantitative estimate of drug-likeness (QED) is 0.792. The van der Waals surface area contributed by atoms with Crippen molar-refractivity contribution in [3.63, 3.8) is 0 Å². The fourth-order valence-corrected chi connectivity index (χ4v) is 4.01. The number of hydrogen-bond acceptors (Lipinski definition) is 6. The van der Waals surface area contributed by atoms with Crippen LogP contribution in [0.3, 0.4) is 0 Å². The van der Waals surface area contributed by atoms with Crippen molar-refractivity contribution in [3.8, 4) is 11.5 Å². The first-order valence-electron chi connectivity index (χ1n) is 7.83. The van der Waals surface area contributed by atoms with E-state index in [0.29, 0.717) is 33.7 Å². The number of thioether (sulfide) groups is 1. The minimum absolute atomic E-state index is 0.431. The molecule has 0 saturated heterocycles. The van der Waals surface area contributed by atoms with Crippen molar-refractivity contribution in [2.75, 3.05) is 21.3 Å². The average molecular weight is 392 g/mol. The largest absolute Gasteiger partial charge is 0.493 e. The van der Waals surface area contributed by atoms with Gasteiger partial charge in [-0.3, -0.25) is 0 Å². The number of carbonyl (C=O) groups excluding carboxylic acids is 1. The summed E-state index contributed by atoms with van der Waals surface area (Å²) in [5.74, 6) is 0.804. The van der Waals surface area contributed by atoms with Gasteiger partial charge < -0.3 is 19.5 Å². The highest BCUT2D eigenvalue weighted by Gasteiger charge is 2.26. The van der Waals surface area contributed by atoms with E-state index in [0.717, 1.165) is 16.0 Å². The number of methoxy groups -OCH3 is 3. The molecule has 0 amide bonds. The molecule has 26 heavy (non-hydrogen) atoms. The molecule has 0 aromatic heterocycles. The molecule has 1 aliphatic rings. The molecule has 1 N–H and O–H groups in total. The van der Waals surface area contributed by atoms with E-state index in [1.165, 1.54) is 18.9 Å². The molecule has 3 rings (SSSR count). The van der Waals surface area contributed by atoms with Crippen LogP contribution in [0.2, 0.25) is 5.02 Å². The number of esters is 1. The monoisotopic (exact) mass is 391 g/mol. The average Bonchev–Trinajstić information content (AvgIpc) is 2.85. The maximum absolute atomic E-state index is 12.5. The summed E-state index contributed by atoms with van der Waals surface area (Å²) in [7, 11) is 4.53. The molecule has 0 unspecified atom stereocenters. The lowest BCUT2D eigenvalue weighted by atomic mass is 10.1. The van der Waals surface area contributed by atoms with Gasteiger partial charge in [0.2, 0.25) is 0 Å². The number of fused-ring (bicyclic) bond motifs is 1. The van der Waals surface area contributed by atoms with E-state index in [4.69, 9.17) is 25.8 Å². The van der Waals surface area contributed by atoms with Crippen LogP contribution in [0, 0.1) is 0 Å². The van der Waals surface area contributed by atoms with Crippen LogP contribution >= 0.6 is 23.4 Å². The fraction of sp³-hybridized carbons (Fsp3) is 0.211. The van der Waals surface area contributed by atoms with Gasteiger partial charge in [-0.1, -0.05) is 41.6 Å². The number of rotatable bonds is 4. The summed E-state index contributed by atoms with van der Waals surface area (Å²) in [6.07, 6.45) is 0. The molecule has 0 radical (unpaired) electrons. The molecule has 2 aromatic rings. The van der Waals surface area contributed by atoms with E-state index < -0.39 is 5.97 Å². The van der Waals surface area contributed by atoms with Gasteiger partial charge in [0.15, 0.2) is 11.5 Å². The third-order valence-corrected chi connectivity index (χ3v) is 5.48. The molecule has 0 saturated carbocycles. The van der Waals surface area contributed by atoms with Crippen LogP contribution in [0.1, 0.15) is 11.1 Å². The first-order chi connectivity index (χ1) is 12.6. The van der Waals surface area contributed by atoms with Gasteiger partial charge in [0.05, 0.1) is 27.0 Å². The fourth-order valence-electron chi connectivity index (χ4n) is 2.68. The molecular formula is C19H18ClNO4S. The maximum Gasteiger partial charge on any atom is 0.346 e. The van der Waals surface area contributed by atoms with Gasteiger partial charge in [0.1, 0.15) is 4.91 Å². The second-order valence-corrected chi connectivity index (χ2v) is 6.91. The van der Waals surface area contributed by atoms with E-state index >= 15 is 0 Å². The second-order valence-electron chi connectivity index (χ2n) is 5.45. The van der Waals surface area contributed by atoms with Crippen LogP contribution in [0.5, 0.6) is 11.5 Å². The normalized spacial score (nSPS) is 13.4. The predicted molar refractivity (Wildman–Crippen MR) is 103 cm³/mol. The zero-order valence-corrected chi connectivity index (χ0v) is 16.2. The Morgan fingerprint density at radius 3 is 2.46 bits per heavy atom. The molecule has 5 nitrogen and oxygen atoms in total. The Morgan fingerprint density at radius 1 is 1.12 bits per heavy atom. The number of nitrogens with one attached hydrogen (secondary N) is 1. The van der Waals surface area contributed by atoms with Crippen LogP contribution in [0.25, 0.3) is 5.70 Å². The van der Waals surface area contributed by atoms with Crippen molar-refractivity contribution >= 4 is 35.0 Å². The molecule has 0 spiro atoms. The minimum Gasteiger partial charge on any atom is -0.493 e. The van der Waals surface area contributed by atoms with E-state index in [1.807, 2.05) is 30.3 Å². The summed E-state index contributed by atoms with van der Waals surface area (Å²) < 4.78 is 15.8. The van der Waals surface area contributed by atoms with Crippen LogP contribution in [0.15, 0.2) is 46.2 Å². The molecule has 0 bridgehead atoms. The molecule has 136 valence electrons. The summed E-state index contributed by atoms with van der Waals surface area (Å²) in [5, 5.41) is 3.88. The summed E-state index contributed by atoms with van der Waals surface area (Å²) >= 11 is 7.67. The topological polar surface area (TPSA) is 56.8 Å². The molecule has 0 atom stereocenters. The number of hydrogen-bond donors (Lipinski definition) is 1. The van der Waals surface area contributed by atoms with Crippen LogP contribution in [-0.4, -0.2) is 27.3 Å². The SMILES string of the molecule is COC(=O)C1=C(c2ccccc2Cl)NCc2cc(OC)c(OC)cc2S1. The highest BCUT2D eigenvalue weighted by molar-refractivity contribution is 8.04. The number of ether oxygens (including phenoxy) is 3.